The van der Waals surface area contributed by atoms with Crippen LogP contribution in [0.15, 0.2) is 18.2 Å². The number of carboxylic acid groups (broad SMARTS) is 1. The topological polar surface area (TPSA) is 84.9 Å². The molecular formula is C14H18FNO5. The van der Waals surface area contributed by atoms with Crippen molar-refractivity contribution in [3.8, 4) is 0 Å². The number of hydrogen-bond donors (Lipinski definition) is 2. The Kier molecular flexibility index (Phi) is 6.77. The standard InChI is InChI=1S/C14H18FNO5/c1-9(14(18)19)16-13(17)10-3-4-12(15)11(7-10)8-21-6-5-20-2/h3-4,7,9H,5-6,8H2,1-2H3,(H,16,17)(H,18,19)/t9-/m0/s1. The summed E-state index contributed by atoms with van der Waals surface area (Å²) in [6.45, 7) is 2.05. The minimum Gasteiger partial charge on any atom is -0.480 e. The maximum Gasteiger partial charge on any atom is 0.325 e. The number of ether oxygens (including phenoxy) is 2. The van der Waals surface area contributed by atoms with Gasteiger partial charge in [0.2, 0.25) is 0 Å². The number of benzene rings is 1. The average molecular weight is 299 g/mol. The molecule has 21 heavy (non-hydrogen) atoms. The number of methoxy groups -OCH3 is 1. The Bertz CT molecular complexity index is 506. The SMILES string of the molecule is COCCOCc1cc(C(=O)N[C@@H](C)C(=O)O)ccc1F. The molecule has 0 aliphatic carbocycles. The Morgan fingerprint density at radius 3 is 2.71 bits per heavy atom. The number of aliphatic carboxylic acids is 1. The molecular weight excluding hydrogens is 281 g/mol. The Labute approximate surface area is 121 Å². The van der Waals surface area contributed by atoms with Crippen LogP contribution in [0.2, 0.25) is 0 Å². The number of halogens is 1. The van der Waals surface area contributed by atoms with Crippen LogP contribution in [0.5, 0.6) is 0 Å². The first-order valence-electron chi connectivity index (χ1n) is 6.34. The summed E-state index contributed by atoms with van der Waals surface area (Å²) in [6.07, 6.45) is 0. The van der Waals surface area contributed by atoms with E-state index < -0.39 is 23.7 Å². The van der Waals surface area contributed by atoms with Gasteiger partial charge in [-0.15, -0.1) is 0 Å². The molecule has 6 nitrogen and oxygen atoms in total. The van der Waals surface area contributed by atoms with Gasteiger partial charge in [0.25, 0.3) is 5.91 Å². The Hall–Kier alpha value is -1.99. The van der Waals surface area contributed by atoms with E-state index in [0.717, 1.165) is 6.07 Å². The van der Waals surface area contributed by atoms with E-state index in [4.69, 9.17) is 14.6 Å². The fourth-order valence-corrected chi connectivity index (χ4v) is 1.49. The van der Waals surface area contributed by atoms with E-state index in [1.807, 2.05) is 0 Å². The summed E-state index contributed by atoms with van der Waals surface area (Å²) < 4.78 is 23.6. The summed E-state index contributed by atoms with van der Waals surface area (Å²) in [6, 6.07) is 2.75. The van der Waals surface area contributed by atoms with E-state index in [1.54, 1.807) is 0 Å². The van der Waals surface area contributed by atoms with Gasteiger partial charge < -0.3 is 19.9 Å². The third-order valence-corrected chi connectivity index (χ3v) is 2.72. The van der Waals surface area contributed by atoms with Crippen molar-refractivity contribution < 1.29 is 28.6 Å². The van der Waals surface area contributed by atoms with Crippen molar-refractivity contribution in [1.82, 2.24) is 5.32 Å². The minimum atomic E-state index is -1.14. The molecule has 116 valence electrons. The van der Waals surface area contributed by atoms with E-state index in [0.29, 0.717) is 13.2 Å². The molecule has 0 fully saturated rings. The highest BCUT2D eigenvalue weighted by Gasteiger charge is 2.16. The molecule has 1 aromatic rings. The van der Waals surface area contributed by atoms with Gasteiger partial charge in [0.05, 0.1) is 19.8 Å². The van der Waals surface area contributed by atoms with Crippen LogP contribution in [0.3, 0.4) is 0 Å². The predicted octanol–water partition coefficient (Wildman–Crippen LogP) is 1.19. The largest absolute Gasteiger partial charge is 0.480 e. The molecule has 2 N–H and O–H groups in total. The predicted molar refractivity (Wildman–Crippen MR) is 72.5 cm³/mol. The van der Waals surface area contributed by atoms with Gasteiger partial charge in [-0.3, -0.25) is 9.59 Å². The lowest BCUT2D eigenvalue weighted by Gasteiger charge is -2.11. The average Bonchev–Trinajstić information content (AvgIpc) is 2.45. The summed E-state index contributed by atoms with van der Waals surface area (Å²) in [5.74, 6) is -2.22. The lowest BCUT2D eigenvalue weighted by atomic mass is 10.1. The van der Waals surface area contributed by atoms with E-state index in [9.17, 15) is 14.0 Å². The van der Waals surface area contributed by atoms with Gasteiger partial charge in [-0.05, 0) is 25.1 Å². The lowest BCUT2D eigenvalue weighted by molar-refractivity contribution is -0.138. The molecule has 1 amide bonds. The second kappa shape index (κ2) is 8.33. The summed E-state index contributed by atoms with van der Waals surface area (Å²) in [5, 5.41) is 11.0. The maximum atomic E-state index is 13.6. The van der Waals surface area contributed by atoms with Crippen LogP contribution in [0.25, 0.3) is 0 Å². The molecule has 0 bridgehead atoms. The summed E-state index contributed by atoms with van der Waals surface area (Å²) >= 11 is 0. The number of nitrogens with one attached hydrogen (secondary N) is 1. The lowest BCUT2D eigenvalue weighted by Crippen LogP contribution is -2.38. The highest BCUT2D eigenvalue weighted by atomic mass is 19.1. The van der Waals surface area contributed by atoms with Crippen molar-refractivity contribution in [2.75, 3.05) is 20.3 Å². The number of carboxylic acids is 1. The second-order valence-corrected chi connectivity index (χ2v) is 4.38. The van der Waals surface area contributed by atoms with Gasteiger partial charge >= 0.3 is 5.97 Å². The molecule has 0 heterocycles. The van der Waals surface area contributed by atoms with Crippen molar-refractivity contribution in [2.24, 2.45) is 0 Å². The fourth-order valence-electron chi connectivity index (χ4n) is 1.49. The Morgan fingerprint density at radius 1 is 1.38 bits per heavy atom. The zero-order chi connectivity index (χ0) is 15.8. The maximum absolute atomic E-state index is 13.6. The smallest absolute Gasteiger partial charge is 0.325 e. The van der Waals surface area contributed by atoms with Gasteiger partial charge in [-0.25, -0.2) is 4.39 Å². The first kappa shape index (κ1) is 17.1. The molecule has 0 aromatic heterocycles. The van der Waals surface area contributed by atoms with E-state index in [2.05, 4.69) is 5.32 Å². The normalized spacial score (nSPS) is 12.0. The molecule has 1 rings (SSSR count). The molecule has 0 spiro atoms. The second-order valence-electron chi connectivity index (χ2n) is 4.38. The molecule has 0 radical (unpaired) electrons. The first-order valence-corrected chi connectivity index (χ1v) is 6.34. The number of carbonyl (C=O) groups excluding carboxylic acids is 1. The molecule has 7 heteroatoms. The third-order valence-electron chi connectivity index (χ3n) is 2.72. The molecule has 0 aliphatic rings. The molecule has 0 aliphatic heterocycles. The van der Waals surface area contributed by atoms with Gasteiger partial charge in [-0.2, -0.15) is 0 Å². The number of rotatable bonds is 8. The number of hydrogen-bond acceptors (Lipinski definition) is 4. The van der Waals surface area contributed by atoms with Crippen molar-refractivity contribution in [3.05, 3.63) is 35.1 Å². The highest BCUT2D eigenvalue weighted by molar-refractivity contribution is 5.96. The fraction of sp³-hybridized carbons (Fsp3) is 0.429. The van der Waals surface area contributed by atoms with E-state index >= 15 is 0 Å². The van der Waals surface area contributed by atoms with Crippen LogP contribution in [-0.4, -0.2) is 43.3 Å². The van der Waals surface area contributed by atoms with Gasteiger partial charge in [-0.1, -0.05) is 0 Å². The summed E-state index contributed by atoms with van der Waals surface area (Å²) in [4.78, 5) is 22.5. The molecule has 0 saturated heterocycles. The van der Waals surface area contributed by atoms with E-state index in [1.165, 1.54) is 26.2 Å². The summed E-state index contributed by atoms with van der Waals surface area (Å²) in [5.41, 5.74) is 0.400. The number of amides is 1. The number of carbonyl (C=O) groups is 2. The van der Waals surface area contributed by atoms with Crippen molar-refractivity contribution in [2.45, 2.75) is 19.6 Å². The van der Waals surface area contributed by atoms with Crippen LogP contribution < -0.4 is 5.32 Å². The summed E-state index contributed by atoms with van der Waals surface area (Å²) in [7, 11) is 1.53. The van der Waals surface area contributed by atoms with Crippen LogP contribution >= 0.6 is 0 Å². The van der Waals surface area contributed by atoms with Crippen molar-refractivity contribution >= 4 is 11.9 Å². The zero-order valence-electron chi connectivity index (χ0n) is 11.9. The quantitative estimate of drug-likeness (QED) is 0.704. The van der Waals surface area contributed by atoms with Gasteiger partial charge in [0, 0.05) is 18.2 Å². The molecule has 0 saturated carbocycles. The van der Waals surface area contributed by atoms with Crippen LogP contribution in [0.1, 0.15) is 22.8 Å². The van der Waals surface area contributed by atoms with Crippen LogP contribution in [0.4, 0.5) is 4.39 Å². The molecule has 1 aromatic carbocycles. The molecule has 1 atom stereocenters. The zero-order valence-corrected chi connectivity index (χ0v) is 11.9. The molecule has 0 unspecified atom stereocenters. The monoisotopic (exact) mass is 299 g/mol. The highest BCUT2D eigenvalue weighted by Crippen LogP contribution is 2.12. The van der Waals surface area contributed by atoms with Crippen molar-refractivity contribution in [1.29, 1.82) is 0 Å². The van der Waals surface area contributed by atoms with Gasteiger partial charge in [0.1, 0.15) is 11.9 Å². The van der Waals surface area contributed by atoms with Crippen LogP contribution in [0, 0.1) is 5.82 Å². The van der Waals surface area contributed by atoms with E-state index in [-0.39, 0.29) is 17.7 Å². The third kappa shape index (κ3) is 5.49. The van der Waals surface area contributed by atoms with Gasteiger partial charge in [0.15, 0.2) is 0 Å². The first-order chi connectivity index (χ1) is 9.95. The Morgan fingerprint density at radius 2 is 2.10 bits per heavy atom. The van der Waals surface area contributed by atoms with Crippen molar-refractivity contribution in [3.63, 3.8) is 0 Å². The van der Waals surface area contributed by atoms with Crippen LogP contribution in [-0.2, 0) is 20.9 Å². The minimum absolute atomic E-state index is 0.00476. The Balaban J connectivity index is 2.71.